The van der Waals surface area contributed by atoms with Gasteiger partial charge in [0.15, 0.2) is 11.6 Å². The third kappa shape index (κ3) is 4.33. The maximum Gasteiger partial charge on any atom is 0.355 e. The highest BCUT2D eigenvalue weighted by atomic mass is 35.5. The highest BCUT2D eigenvalue weighted by molar-refractivity contribution is 6.34. The van der Waals surface area contributed by atoms with Gasteiger partial charge in [0.2, 0.25) is 5.95 Å². The molecule has 15 heteroatoms. The van der Waals surface area contributed by atoms with Crippen molar-refractivity contribution in [1.82, 2.24) is 39.3 Å². The second-order valence-electron chi connectivity index (χ2n) is 7.81. The molecular weight excluding hydrogens is 503 g/mol. The van der Waals surface area contributed by atoms with Crippen LogP contribution in [0, 0.1) is 17.5 Å². The second kappa shape index (κ2) is 8.96. The van der Waals surface area contributed by atoms with Gasteiger partial charge < -0.3 is 5.32 Å². The van der Waals surface area contributed by atoms with E-state index in [9.17, 15) is 22.8 Å². The number of halogens is 4. The molecule has 0 saturated carbocycles. The van der Waals surface area contributed by atoms with Crippen LogP contribution in [-0.2, 0) is 20.1 Å². The zero-order valence-electron chi connectivity index (χ0n) is 18.3. The van der Waals surface area contributed by atoms with E-state index in [1.165, 1.54) is 6.20 Å². The fourth-order valence-corrected chi connectivity index (χ4v) is 3.81. The summed E-state index contributed by atoms with van der Waals surface area (Å²) in [6.07, 6.45) is 3.03. The largest absolute Gasteiger partial charge is 0.355 e. The first-order valence-corrected chi connectivity index (χ1v) is 10.7. The second-order valence-corrected chi connectivity index (χ2v) is 8.22. The van der Waals surface area contributed by atoms with Gasteiger partial charge >= 0.3 is 11.4 Å². The molecule has 0 unspecified atom stereocenters. The number of H-pyrrole nitrogens is 1. The lowest BCUT2D eigenvalue weighted by atomic mass is 10.2. The minimum atomic E-state index is -1.38. The third-order valence-corrected chi connectivity index (χ3v) is 5.62. The molecule has 0 spiro atoms. The lowest BCUT2D eigenvalue weighted by Crippen LogP contribution is -2.43. The van der Waals surface area contributed by atoms with E-state index in [1.54, 1.807) is 30.1 Å². The van der Waals surface area contributed by atoms with Crippen molar-refractivity contribution in [2.75, 3.05) is 5.32 Å². The Morgan fingerprint density at radius 2 is 1.81 bits per heavy atom. The minimum Gasteiger partial charge on any atom is -0.324 e. The molecule has 0 aliphatic carbocycles. The monoisotopic (exact) mass is 517 g/mol. The SMILES string of the molecule is Cn1cc2cc(Nc3nc(=O)n(Cc4cn[nH]n4)c(=O)n3Cc3cc(F)c(F)cc3F)c(Cl)cc2n1. The summed E-state index contributed by atoms with van der Waals surface area (Å²) in [6.45, 7) is -0.868. The van der Waals surface area contributed by atoms with Crippen LogP contribution in [0.3, 0.4) is 0 Å². The van der Waals surface area contributed by atoms with Gasteiger partial charge in [-0.2, -0.15) is 25.5 Å². The van der Waals surface area contributed by atoms with Crippen LogP contribution in [0.4, 0.5) is 24.8 Å². The van der Waals surface area contributed by atoms with Crippen molar-refractivity contribution in [3.8, 4) is 0 Å². The first-order chi connectivity index (χ1) is 17.2. The quantitative estimate of drug-likeness (QED) is 0.331. The molecule has 5 aromatic rings. The van der Waals surface area contributed by atoms with E-state index in [-0.39, 0.29) is 34.5 Å². The van der Waals surface area contributed by atoms with Crippen LogP contribution in [-0.4, -0.2) is 39.3 Å². The van der Waals surface area contributed by atoms with Crippen LogP contribution < -0.4 is 16.7 Å². The van der Waals surface area contributed by atoms with Crippen LogP contribution in [0.25, 0.3) is 10.9 Å². The molecule has 2 aromatic carbocycles. The summed E-state index contributed by atoms with van der Waals surface area (Å²) < 4.78 is 45.0. The van der Waals surface area contributed by atoms with Gasteiger partial charge in [-0.25, -0.2) is 27.3 Å². The molecule has 11 nitrogen and oxygen atoms in total. The zero-order valence-corrected chi connectivity index (χ0v) is 19.1. The van der Waals surface area contributed by atoms with E-state index in [2.05, 4.69) is 30.8 Å². The molecule has 3 aromatic heterocycles. The van der Waals surface area contributed by atoms with Gasteiger partial charge in [0.25, 0.3) is 0 Å². The fourth-order valence-electron chi connectivity index (χ4n) is 3.61. The Kier molecular flexibility index (Phi) is 5.80. The summed E-state index contributed by atoms with van der Waals surface area (Å²) in [4.78, 5) is 30.0. The van der Waals surface area contributed by atoms with E-state index in [0.29, 0.717) is 23.0 Å². The van der Waals surface area contributed by atoms with Crippen molar-refractivity contribution in [1.29, 1.82) is 0 Å². The average Bonchev–Trinajstić information content (AvgIpc) is 3.46. The summed E-state index contributed by atoms with van der Waals surface area (Å²) in [5.41, 5.74) is -1.06. The normalized spacial score (nSPS) is 11.4. The van der Waals surface area contributed by atoms with Crippen LogP contribution >= 0.6 is 11.6 Å². The predicted molar refractivity (Wildman–Crippen MR) is 123 cm³/mol. The molecular formula is C21H15ClF3N9O2. The number of fused-ring (bicyclic) bond motifs is 1. The number of aromatic amines is 1. The van der Waals surface area contributed by atoms with Gasteiger partial charge in [0, 0.05) is 30.3 Å². The molecule has 0 aliphatic rings. The molecule has 2 N–H and O–H groups in total. The number of aryl methyl sites for hydroxylation is 1. The summed E-state index contributed by atoms with van der Waals surface area (Å²) in [7, 11) is 1.73. The predicted octanol–water partition coefficient (Wildman–Crippen LogP) is 2.32. The van der Waals surface area contributed by atoms with Gasteiger partial charge in [-0.3, -0.25) is 9.25 Å². The average molecular weight is 518 g/mol. The van der Waals surface area contributed by atoms with E-state index in [0.717, 1.165) is 9.13 Å². The number of nitrogens with zero attached hydrogens (tertiary/aromatic N) is 7. The molecule has 184 valence electrons. The Hall–Kier alpha value is -4.46. The summed E-state index contributed by atoms with van der Waals surface area (Å²) >= 11 is 6.36. The molecule has 0 amide bonds. The zero-order chi connectivity index (χ0) is 25.6. The lowest BCUT2D eigenvalue weighted by Gasteiger charge is -2.16. The maximum atomic E-state index is 14.4. The maximum absolute atomic E-state index is 14.4. The smallest absolute Gasteiger partial charge is 0.324 e. The number of rotatable bonds is 6. The van der Waals surface area contributed by atoms with E-state index < -0.39 is 35.4 Å². The van der Waals surface area contributed by atoms with Crippen LogP contribution in [0.2, 0.25) is 5.02 Å². The van der Waals surface area contributed by atoms with Crippen molar-refractivity contribution >= 4 is 34.1 Å². The van der Waals surface area contributed by atoms with Crippen molar-refractivity contribution in [3.63, 3.8) is 0 Å². The molecule has 36 heavy (non-hydrogen) atoms. The number of hydrogen-bond acceptors (Lipinski definition) is 7. The number of hydrogen-bond donors (Lipinski definition) is 2. The van der Waals surface area contributed by atoms with Crippen molar-refractivity contribution < 1.29 is 13.2 Å². The summed E-state index contributed by atoms with van der Waals surface area (Å²) in [6, 6.07) is 4.19. The van der Waals surface area contributed by atoms with Gasteiger partial charge in [0.1, 0.15) is 11.5 Å². The topological polar surface area (TPSA) is 128 Å². The van der Waals surface area contributed by atoms with Crippen molar-refractivity contribution in [2.24, 2.45) is 7.05 Å². The van der Waals surface area contributed by atoms with Gasteiger partial charge in [0.05, 0.1) is 35.5 Å². The van der Waals surface area contributed by atoms with Gasteiger partial charge in [-0.05, 0) is 18.2 Å². The molecule has 3 heterocycles. The van der Waals surface area contributed by atoms with E-state index >= 15 is 0 Å². The lowest BCUT2D eigenvalue weighted by molar-refractivity contribution is 0.485. The molecule has 0 aliphatic heterocycles. The van der Waals surface area contributed by atoms with E-state index in [4.69, 9.17) is 11.6 Å². The van der Waals surface area contributed by atoms with Crippen LogP contribution in [0.15, 0.2) is 46.2 Å². The summed E-state index contributed by atoms with van der Waals surface area (Å²) in [5, 5.41) is 17.8. The molecule has 0 bridgehead atoms. The van der Waals surface area contributed by atoms with Crippen molar-refractivity contribution in [2.45, 2.75) is 13.1 Å². The van der Waals surface area contributed by atoms with Gasteiger partial charge in [-0.1, -0.05) is 11.6 Å². The van der Waals surface area contributed by atoms with Crippen LogP contribution in [0.1, 0.15) is 11.3 Å². The fraction of sp³-hybridized carbons (Fsp3) is 0.143. The Balaban J connectivity index is 1.65. The molecule has 0 radical (unpaired) electrons. The van der Waals surface area contributed by atoms with Crippen molar-refractivity contribution in [3.05, 3.63) is 91.4 Å². The van der Waals surface area contributed by atoms with E-state index in [1.807, 2.05) is 0 Å². The molecule has 0 saturated heterocycles. The number of benzene rings is 2. The Morgan fingerprint density at radius 3 is 2.56 bits per heavy atom. The Morgan fingerprint density at radius 1 is 1.03 bits per heavy atom. The first kappa shape index (κ1) is 23.3. The number of aromatic nitrogens is 8. The highest BCUT2D eigenvalue weighted by Gasteiger charge is 2.19. The standard InChI is InChI=1S/C21H15ClF3N9O2/c1-32-7-11-3-18(13(22)4-17(11)30-32)27-19-28-20(35)34(9-12-6-26-31-29-12)21(36)33(19)8-10-2-15(24)16(25)5-14(10)23/h2-7H,8-9H2,1H3,(H,26,29,31)(H,27,28,35). The minimum absolute atomic E-state index is 0.202. The number of nitrogens with one attached hydrogen (secondary N) is 2. The molecule has 0 atom stereocenters. The highest BCUT2D eigenvalue weighted by Crippen LogP contribution is 2.29. The molecule has 5 rings (SSSR count). The number of anilines is 2. The van der Waals surface area contributed by atoms with Gasteiger partial charge in [-0.15, -0.1) is 0 Å². The molecule has 0 fully saturated rings. The third-order valence-electron chi connectivity index (χ3n) is 5.31. The van der Waals surface area contributed by atoms with Crippen LogP contribution in [0.5, 0.6) is 0 Å². The Bertz CT molecular complexity index is 1730. The summed E-state index contributed by atoms with van der Waals surface area (Å²) in [5.74, 6) is -4.07. The Labute approximate surface area is 203 Å². The first-order valence-electron chi connectivity index (χ1n) is 10.3.